The van der Waals surface area contributed by atoms with Crippen molar-refractivity contribution in [3.05, 3.63) is 40.6 Å². The number of esters is 1. The molecule has 0 aliphatic rings. The van der Waals surface area contributed by atoms with Gasteiger partial charge < -0.3 is 24.1 Å². The molecule has 2 rings (SSSR count). The number of carbonyl (C=O) groups excluding carboxylic acids is 2. The highest BCUT2D eigenvalue weighted by Crippen LogP contribution is 2.36. The Bertz CT molecular complexity index is 877. The summed E-state index contributed by atoms with van der Waals surface area (Å²) < 4.78 is 20.6. The van der Waals surface area contributed by atoms with Crippen molar-refractivity contribution >= 4 is 35.4 Å². The van der Waals surface area contributed by atoms with Crippen molar-refractivity contribution in [1.29, 1.82) is 0 Å². The van der Waals surface area contributed by atoms with E-state index in [0.717, 1.165) is 0 Å². The fraction of sp³-hybridized carbons (Fsp3) is 0.316. The molecule has 0 unspecified atom stereocenters. The summed E-state index contributed by atoms with van der Waals surface area (Å²) in [4.78, 5) is 24.0. The van der Waals surface area contributed by atoms with Crippen LogP contribution in [0.3, 0.4) is 0 Å². The second kappa shape index (κ2) is 9.80. The van der Waals surface area contributed by atoms with E-state index in [2.05, 4.69) is 10.5 Å². The van der Waals surface area contributed by atoms with E-state index in [1.165, 1.54) is 26.2 Å². The first-order valence-electron chi connectivity index (χ1n) is 8.47. The Morgan fingerprint density at radius 3 is 2.71 bits per heavy atom. The van der Waals surface area contributed by atoms with Gasteiger partial charge in [-0.15, -0.1) is 0 Å². The van der Waals surface area contributed by atoms with Gasteiger partial charge in [-0.25, -0.2) is 4.79 Å². The van der Waals surface area contributed by atoms with Crippen LogP contribution in [0.5, 0.6) is 11.5 Å². The molecule has 0 spiro atoms. The van der Waals surface area contributed by atoms with Crippen molar-refractivity contribution in [3.63, 3.8) is 0 Å². The number of anilines is 1. The monoisotopic (exact) mass is 408 g/mol. The topological polar surface area (TPSA) is 99.9 Å². The minimum atomic E-state index is -1.02. The van der Waals surface area contributed by atoms with Gasteiger partial charge in [0.2, 0.25) is 0 Å². The van der Waals surface area contributed by atoms with Crippen LogP contribution < -0.4 is 14.8 Å². The number of halogens is 1. The summed E-state index contributed by atoms with van der Waals surface area (Å²) in [5.74, 6) is 0.450. The smallest absolute Gasteiger partial charge is 0.331 e. The largest absolute Gasteiger partial charge is 0.493 e. The van der Waals surface area contributed by atoms with Crippen molar-refractivity contribution in [1.82, 2.24) is 5.16 Å². The molecule has 1 aromatic heterocycles. The van der Waals surface area contributed by atoms with E-state index in [1.807, 2.05) is 6.92 Å². The maximum absolute atomic E-state index is 12.0. The highest BCUT2D eigenvalue weighted by molar-refractivity contribution is 6.32. The Labute approximate surface area is 167 Å². The summed E-state index contributed by atoms with van der Waals surface area (Å²) in [5.41, 5.74) is 0.609. The Kier molecular flexibility index (Phi) is 7.45. The minimum Gasteiger partial charge on any atom is -0.493 e. The van der Waals surface area contributed by atoms with Gasteiger partial charge in [-0.3, -0.25) is 4.79 Å². The lowest BCUT2D eigenvalue weighted by Gasteiger charge is -2.12. The van der Waals surface area contributed by atoms with E-state index < -0.39 is 18.0 Å². The van der Waals surface area contributed by atoms with Crippen molar-refractivity contribution in [3.8, 4) is 11.5 Å². The molecule has 1 N–H and O–H groups in total. The van der Waals surface area contributed by atoms with Gasteiger partial charge in [0.25, 0.3) is 5.91 Å². The van der Waals surface area contributed by atoms with Gasteiger partial charge in [0, 0.05) is 12.1 Å². The lowest BCUT2D eigenvalue weighted by Crippen LogP contribution is -2.29. The standard InChI is InChI=1S/C19H21ClN2O6/c1-5-26-18-14(20)9-13(10-15(18)25-4)6-7-17(23)27-12(3)19(24)21-16-8-11(2)28-22-16/h6-10,12H,5H2,1-4H3,(H,21,22,24)/b7-6+/t12-/m1/s1. The first-order chi connectivity index (χ1) is 13.3. The predicted octanol–water partition coefficient (Wildman–Crippen LogP) is 3.63. The van der Waals surface area contributed by atoms with E-state index in [1.54, 1.807) is 25.1 Å². The average molecular weight is 409 g/mol. The van der Waals surface area contributed by atoms with Gasteiger partial charge in [0.1, 0.15) is 5.76 Å². The molecule has 8 nitrogen and oxygen atoms in total. The Balaban J connectivity index is 1.99. The quantitative estimate of drug-likeness (QED) is 0.525. The maximum Gasteiger partial charge on any atom is 0.331 e. The van der Waals surface area contributed by atoms with Crippen molar-refractivity contribution in [2.24, 2.45) is 0 Å². The highest BCUT2D eigenvalue weighted by Gasteiger charge is 2.18. The van der Waals surface area contributed by atoms with Gasteiger partial charge in [-0.2, -0.15) is 0 Å². The molecule has 1 amide bonds. The van der Waals surface area contributed by atoms with Crippen LogP contribution in [0.25, 0.3) is 6.08 Å². The number of amides is 1. The van der Waals surface area contributed by atoms with Gasteiger partial charge >= 0.3 is 5.97 Å². The summed E-state index contributed by atoms with van der Waals surface area (Å²) in [5, 5.41) is 6.48. The summed E-state index contributed by atoms with van der Waals surface area (Å²) in [7, 11) is 1.49. The number of aryl methyl sites for hydroxylation is 1. The van der Waals surface area contributed by atoms with E-state index >= 15 is 0 Å². The number of hydrogen-bond acceptors (Lipinski definition) is 7. The molecule has 0 aliphatic heterocycles. The van der Waals surface area contributed by atoms with Crippen LogP contribution in [0.1, 0.15) is 25.2 Å². The number of rotatable bonds is 8. The third kappa shape index (κ3) is 5.75. The zero-order chi connectivity index (χ0) is 20.7. The third-order valence-electron chi connectivity index (χ3n) is 3.49. The predicted molar refractivity (Wildman–Crippen MR) is 104 cm³/mol. The van der Waals surface area contributed by atoms with Gasteiger partial charge in [-0.1, -0.05) is 16.8 Å². The zero-order valence-electron chi connectivity index (χ0n) is 15.9. The lowest BCUT2D eigenvalue weighted by atomic mass is 10.2. The van der Waals surface area contributed by atoms with E-state index in [4.69, 9.17) is 30.3 Å². The number of ether oxygens (including phenoxy) is 3. The first-order valence-corrected chi connectivity index (χ1v) is 8.85. The molecular formula is C19H21ClN2O6. The molecule has 150 valence electrons. The Morgan fingerprint density at radius 2 is 2.11 bits per heavy atom. The summed E-state index contributed by atoms with van der Waals surface area (Å²) in [6.07, 6.45) is 1.67. The van der Waals surface area contributed by atoms with Crippen LogP contribution in [0.4, 0.5) is 5.82 Å². The fourth-order valence-electron chi connectivity index (χ4n) is 2.20. The third-order valence-corrected chi connectivity index (χ3v) is 3.77. The number of nitrogens with zero attached hydrogens (tertiary/aromatic N) is 1. The number of carbonyl (C=O) groups is 2. The van der Waals surface area contributed by atoms with Gasteiger partial charge in [0.05, 0.1) is 18.7 Å². The molecule has 1 atom stereocenters. The van der Waals surface area contributed by atoms with Crippen LogP contribution in [-0.2, 0) is 14.3 Å². The molecule has 1 aromatic carbocycles. The molecule has 0 fully saturated rings. The second-order valence-corrected chi connectivity index (χ2v) is 6.10. The molecule has 2 aromatic rings. The zero-order valence-corrected chi connectivity index (χ0v) is 16.7. The van der Waals surface area contributed by atoms with Crippen molar-refractivity contribution in [2.45, 2.75) is 26.9 Å². The van der Waals surface area contributed by atoms with E-state index in [9.17, 15) is 9.59 Å². The Hall–Kier alpha value is -3.00. The van der Waals surface area contributed by atoms with Crippen LogP contribution in [-0.4, -0.2) is 36.9 Å². The summed E-state index contributed by atoms with van der Waals surface area (Å²) >= 11 is 6.19. The second-order valence-electron chi connectivity index (χ2n) is 5.69. The average Bonchev–Trinajstić information content (AvgIpc) is 3.06. The number of methoxy groups -OCH3 is 1. The van der Waals surface area contributed by atoms with E-state index in [0.29, 0.717) is 34.5 Å². The van der Waals surface area contributed by atoms with Crippen LogP contribution in [0.2, 0.25) is 5.02 Å². The molecular weight excluding hydrogens is 388 g/mol. The molecule has 0 radical (unpaired) electrons. The van der Waals surface area contributed by atoms with Crippen molar-refractivity contribution in [2.75, 3.05) is 19.0 Å². The first kappa shape index (κ1) is 21.3. The molecule has 28 heavy (non-hydrogen) atoms. The molecule has 0 saturated heterocycles. The lowest BCUT2D eigenvalue weighted by molar-refractivity contribution is -0.148. The molecule has 9 heteroatoms. The summed E-state index contributed by atoms with van der Waals surface area (Å²) in [6.45, 7) is 5.41. The highest BCUT2D eigenvalue weighted by atomic mass is 35.5. The van der Waals surface area contributed by atoms with Gasteiger partial charge in [0.15, 0.2) is 23.4 Å². The fourth-order valence-corrected chi connectivity index (χ4v) is 2.48. The number of benzene rings is 1. The van der Waals surface area contributed by atoms with Crippen LogP contribution in [0.15, 0.2) is 28.8 Å². The number of aromatic nitrogens is 1. The van der Waals surface area contributed by atoms with E-state index in [-0.39, 0.29) is 5.82 Å². The molecule has 1 heterocycles. The minimum absolute atomic E-state index is 0.247. The summed E-state index contributed by atoms with van der Waals surface area (Å²) in [6, 6.07) is 4.85. The number of nitrogens with one attached hydrogen (secondary N) is 1. The van der Waals surface area contributed by atoms with Gasteiger partial charge in [-0.05, 0) is 44.5 Å². The maximum atomic E-state index is 12.0. The molecule has 0 aliphatic carbocycles. The normalized spacial score (nSPS) is 11.9. The molecule has 0 saturated carbocycles. The SMILES string of the molecule is CCOc1c(Cl)cc(/C=C/C(=O)O[C@H](C)C(=O)Nc2cc(C)on2)cc1OC. The van der Waals surface area contributed by atoms with Crippen molar-refractivity contribution < 1.29 is 28.3 Å². The Morgan fingerprint density at radius 1 is 1.36 bits per heavy atom. The van der Waals surface area contributed by atoms with Crippen LogP contribution in [0, 0.1) is 6.92 Å². The molecule has 0 bridgehead atoms. The number of hydrogen-bond donors (Lipinski definition) is 1. The van der Waals surface area contributed by atoms with Crippen LogP contribution >= 0.6 is 11.6 Å².